The molecule has 2 heterocycles. The molecule has 0 aliphatic carbocycles. The smallest absolute Gasteiger partial charge is 0.255 e. The summed E-state index contributed by atoms with van der Waals surface area (Å²) in [5, 5.41) is 9.39. The van der Waals surface area contributed by atoms with E-state index in [1.165, 1.54) is 12.3 Å². The number of hydrogen-bond donors (Lipinski definition) is 2. The third-order valence-corrected chi connectivity index (χ3v) is 4.76. The van der Waals surface area contributed by atoms with E-state index < -0.39 is 11.6 Å². The zero-order valence-corrected chi connectivity index (χ0v) is 14.8. The number of rotatable bonds is 5. The molecule has 6 nitrogen and oxygen atoms in total. The molecule has 0 spiro atoms. The SMILES string of the molecule is Nc1ccc(C(=O)N2CCN(Cc3ccc(F)c(F)c3)C(CCO)C2)cn1. The molecule has 2 aromatic rings. The second-order valence-corrected chi connectivity index (χ2v) is 6.61. The monoisotopic (exact) mass is 376 g/mol. The quantitative estimate of drug-likeness (QED) is 0.829. The normalized spacial score (nSPS) is 17.9. The van der Waals surface area contributed by atoms with E-state index in [9.17, 15) is 18.7 Å². The summed E-state index contributed by atoms with van der Waals surface area (Å²) in [6.45, 7) is 1.90. The van der Waals surface area contributed by atoms with Gasteiger partial charge in [-0.15, -0.1) is 0 Å². The van der Waals surface area contributed by atoms with E-state index >= 15 is 0 Å². The van der Waals surface area contributed by atoms with Crippen LogP contribution in [0.15, 0.2) is 36.5 Å². The fraction of sp³-hybridized carbons (Fsp3) is 0.368. The predicted molar refractivity (Wildman–Crippen MR) is 96.8 cm³/mol. The molecule has 1 unspecified atom stereocenters. The minimum absolute atomic E-state index is 0.0234. The second-order valence-electron chi connectivity index (χ2n) is 6.61. The van der Waals surface area contributed by atoms with E-state index in [2.05, 4.69) is 9.88 Å². The van der Waals surface area contributed by atoms with Crippen molar-refractivity contribution in [2.75, 3.05) is 32.0 Å². The Kier molecular flexibility index (Phi) is 5.98. The number of carbonyl (C=O) groups is 1. The molecule has 0 radical (unpaired) electrons. The van der Waals surface area contributed by atoms with Gasteiger partial charge in [-0.3, -0.25) is 9.69 Å². The summed E-state index contributed by atoms with van der Waals surface area (Å²) in [6.07, 6.45) is 1.93. The summed E-state index contributed by atoms with van der Waals surface area (Å²) in [6, 6.07) is 6.98. The van der Waals surface area contributed by atoms with Crippen LogP contribution in [0, 0.1) is 11.6 Å². The van der Waals surface area contributed by atoms with Gasteiger partial charge in [-0.25, -0.2) is 13.8 Å². The van der Waals surface area contributed by atoms with Gasteiger partial charge in [0.05, 0.1) is 5.56 Å². The molecule has 1 fully saturated rings. The molecular formula is C19H22F2N4O2. The lowest BCUT2D eigenvalue weighted by molar-refractivity contribution is 0.0394. The molecule has 8 heteroatoms. The Morgan fingerprint density at radius 3 is 2.70 bits per heavy atom. The molecule has 27 heavy (non-hydrogen) atoms. The van der Waals surface area contributed by atoms with Crippen molar-refractivity contribution >= 4 is 11.7 Å². The van der Waals surface area contributed by atoms with Gasteiger partial charge in [-0.05, 0) is 36.2 Å². The standard InChI is InChI=1S/C19H22F2N4O2/c20-16-3-1-13(9-17(16)21)11-24-6-7-25(12-15(24)5-8-26)19(27)14-2-4-18(22)23-10-14/h1-4,9-10,15,26H,5-8,11-12H2,(H2,22,23). The minimum atomic E-state index is -0.879. The molecule has 1 saturated heterocycles. The van der Waals surface area contributed by atoms with Crippen molar-refractivity contribution in [2.24, 2.45) is 0 Å². The van der Waals surface area contributed by atoms with Crippen LogP contribution in [0.5, 0.6) is 0 Å². The molecule has 1 aromatic heterocycles. The Balaban J connectivity index is 1.69. The Labute approximate surface area is 156 Å². The molecule has 1 atom stereocenters. The molecule has 1 amide bonds. The number of carbonyl (C=O) groups excluding carboxylic acids is 1. The number of aliphatic hydroxyl groups excluding tert-OH is 1. The summed E-state index contributed by atoms with van der Waals surface area (Å²) in [7, 11) is 0. The van der Waals surface area contributed by atoms with Crippen LogP contribution in [0.25, 0.3) is 0 Å². The molecule has 3 N–H and O–H groups in total. The van der Waals surface area contributed by atoms with Gasteiger partial charge in [-0.2, -0.15) is 0 Å². The number of halogens is 2. The average Bonchev–Trinajstić information content (AvgIpc) is 2.66. The van der Waals surface area contributed by atoms with Gasteiger partial charge in [-0.1, -0.05) is 6.07 Å². The molecular weight excluding hydrogens is 354 g/mol. The van der Waals surface area contributed by atoms with Crippen LogP contribution in [0.2, 0.25) is 0 Å². The van der Waals surface area contributed by atoms with Crippen molar-refractivity contribution in [1.29, 1.82) is 0 Å². The van der Waals surface area contributed by atoms with E-state index in [0.717, 1.165) is 6.07 Å². The van der Waals surface area contributed by atoms with Crippen LogP contribution in [-0.2, 0) is 6.54 Å². The number of benzene rings is 1. The number of amides is 1. The fourth-order valence-electron chi connectivity index (χ4n) is 3.30. The highest BCUT2D eigenvalue weighted by molar-refractivity contribution is 5.94. The van der Waals surface area contributed by atoms with Crippen molar-refractivity contribution in [2.45, 2.75) is 19.0 Å². The molecule has 3 rings (SSSR count). The molecule has 1 aliphatic rings. The van der Waals surface area contributed by atoms with Gasteiger partial charge in [0.1, 0.15) is 5.82 Å². The number of hydrogen-bond acceptors (Lipinski definition) is 5. The van der Waals surface area contributed by atoms with Crippen LogP contribution in [0.3, 0.4) is 0 Å². The van der Waals surface area contributed by atoms with Gasteiger partial charge in [0.25, 0.3) is 5.91 Å². The Morgan fingerprint density at radius 1 is 1.22 bits per heavy atom. The third-order valence-electron chi connectivity index (χ3n) is 4.76. The minimum Gasteiger partial charge on any atom is -0.396 e. The van der Waals surface area contributed by atoms with Crippen molar-refractivity contribution in [1.82, 2.24) is 14.8 Å². The zero-order chi connectivity index (χ0) is 19.4. The topological polar surface area (TPSA) is 82.7 Å². The number of aromatic nitrogens is 1. The van der Waals surface area contributed by atoms with E-state index in [1.54, 1.807) is 23.1 Å². The maximum atomic E-state index is 13.5. The highest BCUT2D eigenvalue weighted by Gasteiger charge is 2.30. The number of aliphatic hydroxyl groups is 1. The first-order chi connectivity index (χ1) is 13.0. The lowest BCUT2D eigenvalue weighted by Crippen LogP contribution is -2.54. The van der Waals surface area contributed by atoms with Crippen LogP contribution in [-0.4, -0.2) is 58.1 Å². The number of nitrogens with two attached hydrogens (primary N) is 1. The first-order valence-corrected chi connectivity index (χ1v) is 8.77. The number of piperazine rings is 1. The number of nitrogens with zero attached hydrogens (tertiary/aromatic N) is 3. The molecule has 144 valence electrons. The number of pyridine rings is 1. The van der Waals surface area contributed by atoms with Gasteiger partial charge < -0.3 is 15.7 Å². The fourth-order valence-corrected chi connectivity index (χ4v) is 3.30. The first-order valence-electron chi connectivity index (χ1n) is 8.77. The second kappa shape index (κ2) is 8.41. The summed E-state index contributed by atoms with van der Waals surface area (Å²) < 4.78 is 26.6. The predicted octanol–water partition coefficient (Wildman–Crippen LogP) is 1.65. The maximum absolute atomic E-state index is 13.5. The van der Waals surface area contributed by atoms with Crippen molar-refractivity contribution in [3.63, 3.8) is 0 Å². The van der Waals surface area contributed by atoms with Crippen LogP contribution >= 0.6 is 0 Å². The molecule has 1 aromatic carbocycles. The summed E-state index contributed by atoms with van der Waals surface area (Å²) >= 11 is 0. The summed E-state index contributed by atoms with van der Waals surface area (Å²) in [5.41, 5.74) is 6.67. The van der Waals surface area contributed by atoms with Gasteiger partial charge in [0.2, 0.25) is 0 Å². The van der Waals surface area contributed by atoms with Gasteiger partial charge >= 0.3 is 0 Å². The van der Waals surface area contributed by atoms with Gasteiger partial charge in [0, 0.05) is 45.0 Å². The lowest BCUT2D eigenvalue weighted by Gasteiger charge is -2.41. The average molecular weight is 376 g/mol. The summed E-state index contributed by atoms with van der Waals surface area (Å²) in [5.74, 6) is -1.55. The largest absolute Gasteiger partial charge is 0.396 e. The van der Waals surface area contributed by atoms with Crippen LogP contribution < -0.4 is 5.73 Å². The van der Waals surface area contributed by atoms with Crippen LogP contribution in [0.4, 0.5) is 14.6 Å². The molecule has 0 saturated carbocycles. The van der Waals surface area contributed by atoms with Gasteiger partial charge in [0.15, 0.2) is 11.6 Å². The maximum Gasteiger partial charge on any atom is 0.255 e. The van der Waals surface area contributed by atoms with Crippen LogP contribution in [0.1, 0.15) is 22.3 Å². The van der Waals surface area contributed by atoms with E-state index in [4.69, 9.17) is 5.73 Å². The molecule has 0 bridgehead atoms. The van der Waals surface area contributed by atoms with Crippen molar-refractivity contribution in [3.05, 3.63) is 59.3 Å². The highest BCUT2D eigenvalue weighted by atomic mass is 19.2. The van der Waals surface area contributed by atoms with E-state index in [0.29, 0.717) is 49.5 Å². The Morgan fingerprint density at radius 2 is 2.04 bits per heavy atom. The van der Waals surface area contributed by atoms with E-state index in [-0.39, 0.29) is 18.6 Å². The highest BCUT2D eigenvalue weighted by Crippen LogP contribution is 2.19. The number of anilines is 1. The zero-order valence-electron chi connectivity index (χ0n) is 14.8. The lowest BCUT2D eigenvalue weighted by atomic mass is 10.1. The first kappa shape index (κ1) is 19.2. The Bertz CT molecular complexity index is 801. The van der Waals surface area contributed by atoms with Crippen molar-refractivity contribution in [3.8, 4) is 0 Å². The summed E-state index contributed by atoms with van der Waals surface area (Å²) in [4.78, 5) is 20.4. The van der Waals surface area contributed by atoms with Crippen molar-refractivity contribution < 1.29 is 18.7 Å². The Hall–Kier alpha value is -2.58. The molecule has 1 aliphatic heterocycles. The third kappa shape index (κ3) is 4.58. The van der Waals surface area contributed by atoms with E-state index in [1.807, 2.05) is 0 Å². The number of nitrogen functional groups attached to an aromatic ring is 1.